The van der Waals surface area contributed by atoms with E-state index in [0.29, 0.717) is 5.75 Å². The highest BCUT2D eigenvalue weighted by atomic mass is 35.5. The molecule has 0 aliphatic carbocycles. The third-order valence-corrected chi connectivity index (χ3v) is 4.32. The summed E-state index contributed by atoms with van der Waals surface area (Å²) < 4.78 is 31.7. The lowest BCUT2D eigenvalue weighted by molar-refractivity contribution is 0.414. The Hall–Kier alpha value is -1.63. The summed E-state index contributed by atoms with van der Waals surface area (Å²) in [6.45, 7) is 0.166. The third-order valence-electron chi connectivity index (χ3n) is 2.62. The second kappa shape index (κ2) is 6.21. The van der Waals surface area contributed by atoms with Gasteiger partial charge in [-0.3, -0.25) is 4.98 Å². The molecule has 1 aromatic heterocycles. The minimum Gasteiger partial charge on any atom is -0.495 e. The van der Waals surface area contributed by atoms with E-state index in [4.69, 9.17) is 16.3 Å². The van der Waals surface area contributed by atoms with E-state index in [1.807, 2.05) is 0 Å². The van der Waals surface area contributed by atoms with Gasteiger partial charge in [0.25, 0.3) is 0 Å². The smallest absolute Gasteiger partial charge is 0.240 e. The number of sulfonamides is 1. The van der Waals surface area contributed by atoms with Crippen LogP contribution in [0.5, 0.6) is 5.75 Å². The lowest BCUT2D eigenvalue weighted by Gasteiger charge is -2.08. The maximum absolute atomic E-state index is 12.1. The van der Waals surface area contributed by atoms with E-state index >= 15 is 0 Å². The van der Waals surface area contributed by atoms with Crippen molar-refractivity contribution in [2.75, 3.05) is 7.11 Å². The second-order valence-electron chi connectivity index (χ2n) is 3.98. The molecule has 106 valence electrons. The van der Waals surface area contributed by atoms with Crippen molar-refractivity contribution in [3.63, 3.8) is 0 Å². The Morgan fingerprint density at radius 3 is 2.75 bits per heavy atom. The van der Waals surface area contributed by atoms with Crippen LogP contribution >= 0.6 is 11.6 Å². The van der Waals surface area contributed by atoms with Crippen LogP contribution < -0.4 is 9.46 Å². The molecule has 0 atom stereocenters. The Balaban J connectivity index is 2.16. The molecule has 0 amide bonds. The van der Waals surface area contributed by atoms with E-state index in [1.165, 1.54) is 25.3 Å². The number of methoxy groups -OCH3 is 1. The first-order valence-corrected chi connectivity index (χ1v) is 7.61. The van der Waals surface area contributed by atoms with Crippen LogP contribution in [0.3, 0.4) is 0 Å². The molecule has 0 aliphatic heterocycles. The molecule has 2 aromatic rings. The van der Waals surface area contributed by atoms with Gasteiger partial charge in [0.2, 0.25) is 10.0 Å². The van der Waals surface area contributed by atoms with Gasteiger partial charge >= 0.3 is 0 Å². The summed E-state index contributed by atoms with van der Waals surface area (Å²) in [6, 6.07) is 7.84. The zero-order valence-electron chi connectivity index (χ0n) is 10.7. The molecule has 0 unspecified atom stereocenters. The Kier molecular flexibility index (Phi) is 4.59. The standard InChI is InChI=1S/C13H13ClN2O3S/c1-19-13-5-4-11(7-12(13)14)20(17,18)16-9-10-3-2-6-15-8-10/h2-8,16H,9H2,1H3. The summed E-state index contributed by atoms with van der Waals surface area (Å²) in [5, 5.41) is 0.247. The van der Waals surface area contributed by atoms with Gasteiger partial charge in [0, 0.05) is 18.9 Å². The number of pyridine rings is 1. The van der Waals surface area contributed by atoms with Gasteiger partial charge in [-0.25, -0.2) is 13.1 Å². The predicted octanol–water partition coefficient (Wildman–Crippen LogP) is 2.22. The number of aromatic nitrogens is 1. The fraction of sp³-hybridized carbons (Fsp3) is 0.154. The van der Waals surface area contributed by atoms with Crippen molar-refractivity contribution in [2.24, 2.45) is 0 Å². The van der Waals surface area contributed by atoms with Gasteiger partial charge < -0.3 is 4.74 Å². The highest BCUT2D eigenvalue weighted by Crippen LogP contribution is 2.26. The minimum absolute atomic E-state index is 0.0900. The van der Waals surface area contributed by atoms with E-state index in [2.05, 4.69) is 9.71 Å². The molecule has 1 N–H and O–H groups in total. The topological polar surface area (TPSA) is 68.3 Å². The molecule has 0 bridgehead atoms. The van der Waals surface area contributed by atoms with Crippen molar-refractivity contribution in [1.82, 2.24) is 9.71 Å². The summed E-state index contributed by atoms with van der Waals surface area (Å²) >= 11 is 5.93. The highest BCUT2D eigenvalue weighted by Gasteiger charge is 2.15. The van der Waals surface area contributed by atoms with Gasteiger partial charge in [0.15, 0.2) is 0 Å². The predicted molar refractivity (Wildman–Crippen MR) is 76.3 cm³/mol. The molecular weight excluding hydrogens is 300 g/mol. The monoisotopic (exact) mass is 312 g/mol. The average molecular weight is 313 g/mol. The molecule has 7 heteroatoms. The van der Waals surface area contributed by atoms with Crippen molar-refractivity contribution in [3.05, 3.63) is 53.3 Å². The van der Waals surface area contributed by atoms with Crippen LogP contribution in [0, 0.1) is 0 Å². The SMILES string of the molecule is COc1ccc(S(=O)(=O)NCc2cccnc2)cc1Cl. The normalized spacial score (nSPS) is 11.3. The molecule has 0 spiro atoms. The number of hydrogen-bond acceptors (Lipinski definition) is 4. The molecule has 0 radical (unpaired) electrons. The van der Waals surface area contributed by atoms with Gasteiger partial charge in [-0.1, -0.05) is 17.7 Å². The Morgan fingerprint density at radius 1 is 1.35 bits per heavy atom. The first kappa shape index (κ1) is 14.8. The molecule has 2 rings (SSSR count). The number of halogens is 1. The molecule has 20 heavy (non-hydrogen) atoms. The molecule has 0 saturated heterocycles. The van der Waals surface area contributed by atoms with E-state index in [-0.39, 0.29) is 16.5 Å². The Labute approximate surface area is 122 Å². The summed E-state index contributed by atoms with van der Waals surface area (Å²) in [5.41, 5.74) is 0.774. The second-order valence-corrected chi connectivity index (χ2v) is 6.16. The average Bonchev–Trinajstić information content (AvgIpc) is 2.46. The molecule has 5 nitrogen and oxygen atoms in total. The van der Waals surface area contributed by atoms with Crippen LogP contribution in [0.4, 0.5) is 0 Å². The number of ether oxygens (including phenoxy) is 1. The van der Waals surface area contributed by atoms with Gasteiger partial charge in [-0.2, -0.15) is 0 Å². The quantitative estimate of drug-likeness (QED) is 0.919. The largest absolute Gasteiger partial charge is 0.495 e. The first-order valence-electron chi connectivity index (χ1n) is 5.75. The zero-order chi connectivity index (χ0) is 14.6. The van der Waals surface area contributed by atoms with Gasteiger partial charge in [-0.05, 0) is 29.8 Å². The summed E-state index contributed by atoms with van der Waals surface area (Å²) in [6.07, 6.45) is 3.23. The van der Waals surface area contributed by atoms with Gasteiger partial charge in [-0.15, -0.1) is 0 Å². The van der Waals surface area contributed by atoms with Crippen molar-refractivity contribution in [3.8, 4) is 5.75 Å². The van der Waals surface area contributed by atoms with Crippen LogP contribution in [-0.4, -0.2) is 20.5 Å². The molecule has 0 fully saturated rings. The van der Waals surface area contributed by atoms with E-state index in [0.717, 1.165) is 5.56 Å². The molecular formula is C13H13ClN2O3S. The molecule has 1 heterocycles. The summed E-state index contributed by atoms with van der Waals surface area (Å²) in [5.74, 6) is 0.429. The minimum atomic E-state index is -3.62. The number of hydrogen-bond donors (Lipinski definition) is 1. The molecule has 1 aromatic carbocycles. The van der Waals surface area contributed by atoms with Gasteiger partial charge in [0.05, 0.1) is 17.0 Å². The van der Waals surface area contributed by atoms with E-state index in [9.17, 15) is 8.42 Å². The maximum atomic E-state index is 12.1. The van der Waals surface area contributed by atoms with Crippen LogP contribution in [0.1, 0.15) is 5.56 Å². The summed E-state index contributed by atoms with van der Waals surface area (Å²) in [4.78, 5) is 4.01. The molecule has 0 saturated carbocycles. The van der Waals surface area contributed by atoms with Crippen molar-refractivity contribution in [2.45, 2.75) is 11.4 Å². The third kappa shape index (κ3) is 3.47. The Bertz CT molecular complexity index is 690. The highest BCUT2D eigenvalue weighted by molar-refractivity contribution is 7.89. The van der Waals surface area contributed by atoms with Crippen LogP contribution in [0.15, 0.2) is 47.6 Å². The van der Waals surface area contributed by atoms with Crippen molar-refractivity contribution in [1.29, 1.82) is 0 Å². The number of nitrogens with one attached hydrogen (secondary N) is 1. The van der Waals surface area contributed by atoms with Crippen LogP contribution in [-0.2, 0) is 16.6 Å². The lowest BCUT2D eigenvalue weighted by atomic mass is 10.3. The summed E-state index contributed by atoms with van der Waals surface area (Å²) in [7, 11) is -2.16. The van der Waals surface area contributed by atoms with E-state index < -0.39 is 10.0 Å². The van der Waals surface area contributed by atoms with Crippen molar-refractivity contribution < 1.29 is 13.2 Å². The maximum Gasteiger partial charge on any atom is 0.240 e. The van der Waals surface area contributed by atoms with E-state index in [1.54, 1.807) is 24.5 Å². The fourth-order valence-corrected chi connectivity index (χ4v) is 2.94. The lowest BCUT2D eigenvalue weighted by Crippen LogP contribution is -2.23. The van der Waals surface area contributed by atoms with Gasteiger partial charge in [0.1, 0.15) is 5.75 Å². The van der Waals surface area contributed by atoms with Crippen LogP contribution in [0.25, 0.3) is 0 Å². The number of rotatable bonds is 5. The molecule has 0 aliphatic rings. The number of benzene rings is 1. The van der Waals surface area contributed by atoms with Crippen LogP contribution in [0.2, 0.25) is 5.02 Å². The number of nitrogens with zero attached hydrogens (tertiary/aromatic N) is 1. The Morgan fingerprint density at radius 2 is 2.15 bits per heavy atom. The fourth-order valence-electron chi connectivity index (χ4n) is 1.58. The zero-order valence-corrected chi connectivity index (χ0v) is 12.3. The van der Waals surface area contributed by atoms with Crippen molar-refractivity contribution >= 4 is 21.6 Å². The first-order chi connectivity index (χ1) is 9.53.